The second-order valence-corrected chi connectivity index (χ2v) is 10.6. The van der Waals surface area contributed by atoms with Gasteiger partial charge in [-0.1, -0.05) is 48.0 Å². The van der Waals surface area contributed by atoms with E-state index in [4.69, 9.17) is 9.47 Å². The number of nitrogens with zero attached hydrogens (tertiary/aromatic N) is 1. The van der Waals surface area contributed by atoms with Crippen molar-refractivity contribution in [3.05, 3.63) is 65.7 Å². The van der Waals surface area contributed by atoms with Gasteiger partial charge in [-0.15, -0.1) is 0 Å². The largest absolute Gasteiger partial charge is 0.465 e. The van der Waals surface area contributed by atoms with Gasteiger partial charge in [-0.25, -0.2) is 13.2 Å². The van der Waals surface area contributed by atoms with Crippen molar-refractivity contribution in [1.82, 2.24) is 9.62 Å². The molecule has 0 spiro atoms. The van der Waals surface area contributed by atoms with Crippen molar-refractivity contribution in [2.45, 2.75) is 51.5 Å². The smallest absolute Gasteiger partial charge is 0.407 e. The van der Waals surface area contributed by atoms with E-state index in [1.807, 2.05) is 37.3 Å². The van der Waals surface area contributed by atoms with Gasteiger partial charge in [0.1, 0.15) is 18.3 Å². The van der Waals surface area contributed by atoms with Gasteiger partial charge in [-0.2, -0.15) is 4.31 Å². The molecule has 2 rings (SSSR count). The average molecular weight is 533 g/mol. The van der Waals surface area contributed by atoms with Gasteiger partial charge < -0.3 is 14.8 Å². The van der Waals surface area contributed by atoms with E-state index in [0.29, 0.717) is 12.8 Å². The van der Waals surface area contributed by atoms with Crippen molar-refractivity contribution < 1.29 is 32.3 Å². The number of Topliss-reactive ketones (excluding diaryl/α,β-unsaturated/α-hetero) is 1. The van der Waals surface area contributed by atoms with Crippen LogP contribution in [0.4, 0.5) is 4.79 Å². The molecule has 1 N–H and O–H groups in total. The zero-order valence-corrected chi connectivity index (χ0v) is 22.5. The molecule has 0 aromatic heterocycles. The van der Waals surface area contributed by atoms with Crippen LogP contribution in [0.25, 0.3) is 0 Å². The topological polar surface area (TPSA) is 119 Å². The van der Waals surface area contributed by atoms with Crippen LogP contribution >= 0.6 is 0 Å². The molecule has 2 aromatic carbocycles. The van der Waals surface area contributed by atoms with Crippen molar-refractivity contribution in [1.29, 1.82) is 0 Å². The predicted octanol–water partition coefficient (Wildman–Crippen LogP) is 3.85. The fraction of sp³-hybridized carbons (Fsp3) is 0.444. The minimum Gasteiger partial charge on any atom is -0.465 e. The molecule has 1 atom stereocenters. The number of ether oxygens (including phenoxy) is 2. The number of hydrogen-bond donors (Lipinski definition) is 1. The second kappa shape index (κ2) is 15.1. The number of carbonyl (C=O) groups is 3. The highest BCUT2D eigenvalue weighted by Crippen LogP contribution is 2.19. The fourth-order valence-corrected chi connectivity index (χ4v) is 5.15. The number of alkyl carbamates (subject to hydrolysis) is 1. The summed E-state index contributed by atoms with van der Waals surface area (Å²) in [5.74, 6) is -1.84. The Morgan fingerprint density at radius 2 is 1.59 bits per heavy atom. The third-order valence-corrected chi connectivity index (χ3v) is 7.60. The van der Waals surface area contributed by atoms with Crippen molar-refractivity contribution in [2.24, 2.45) is 5.92 Å². The maximum atomic E-state index is 13.3. The molecular formula is C27H36N2O7S. The third-order valence-electron chi connectivity index (χ3n) is 5.69. The van der Waals surface area contributed by atoms with E-state index in [1.54, 1.807) is 31.2 Å². The lowest BCUT2D eigenvalue weighted by Gasteiger charge is -2.23. The predicted molar refractivity (Wildman–Crippen MR) is 139 cm³/mol. The molecule has 0 fully saturated rings. The molecular weight excluding hydrogens is 496 g/mol. The van der Waals surface area contributed by atoms with Crippen molar-refractivity contribution in [3.63, 3.8) is 0 Å². The Morgan fingerprint density at radius 1 is 0.946 bits per heavy atom. The third kappa shape index (κ3) is 9.97. The summed E-state index contributed by atoms with van der Waals surface area (Å²) in [5, 5.41) is 2.64. The number of amides is 1. The molecule has 0 saturated carbocycles. The summed E-state index contributed by atoms with van der Waals surface area (Å²) < 4.78 is 38.1. The van der Waals surface area contributed by atoms with E-state index >= 15 is 0 Å². The van der Waals surface area contributed by atoms with Crippen LogP contribution in [0.2, 0.25) is 0 Å². The maximum absolute atomic E-state index is 13.3. The lowest BCUT2D eigenvalue weighted by atomic mass is 9.99. The summed E-state index contributed by atoms with van der Waals surface area (Å²) in [6.45, 7) is 5.62. The summed E-state index contributed by atoms with van der Waals surface area (Å²) in [6.07, 6.45) is 0.230. The standard InChI is InChI=1S/C27H36N2O7S/c1-4-35-26(31)25(22(3)30)12-8-18-29(37(33,34)24-15-13-21(2)14-16-24)19-9-17-28-27(32)36-20-23-10-6-5-7-11-23/h5-7,10-11,13-16,25H,4,8-9,12,17-20H2,1-3H3,(H,28,32). The SMILES string of the molecule is CCOC(=O)C(CCCN(CCCNC(=O)OCc1ccccc1)S(=O)(=O)c1ccc(C)cc1)C(C)=O. The Hall–Kier alpha value is -3.24. The number of benzene rings is 2. The van der Waals surface area contributed by atoms with Crippen molar-refractivity contribution in [2.75, 3.05) is 26.2 Å². The van der Waals surface area contributed by atoms with E-state index in [-0.39, 0.29) is 49.9 Å². The van der Waals surface area contributed by atoms with Crippen LogP contribution in [0.15, 0.2) is 59.5 Å². The number of aryl methyl sites for hydroxylation is 1. The summed E-state index contributed by atoms with van der Waals surface area (Å²) in [4.78, 5) is 36.2. The van der Waals surface area contributed by atoms with Crippen LogP contribution in [0.3, 0.4) is 0 Å². The van der Waals surface area contributed by atoms with Gasteiger partial charge in [0, 0.05) is 19.6 Å². The van der Waals surface area contributed by atoms with E-state index in [2.05, 4.69) is 5.32 Å². The lowest BCUT2D eigenvalue weighted by molar-refractivity contribution is -0.151. The van der Waals surface area contributed by atoms with Gasteiger partial charge in [0.05, 0.1) is 11.5 Å². The van der Waals surface area contributed by atoms with E-state index in [9.17, 15) is 22.8 Å². The normalized spacial score (nSPS) is 12.1. The Balaban J connectivity index is 1.97. The number of rotatable bonds is 15. The molecule has 0 aliphatic carbocycles. The Morgan fingerprint density at radius 3 is 2.22 bits per heavy atom. The minimum absolute atomic E-state index is 0.109. The van der Waals surface area contributed by atoms with Crippen LogP contribution in [0.1, 0.15) is 44.2 Å². The highest BCUT2D eigenvalue weighted by Gasteiger charge is 2.27. The maximum Gasteiger partial charge on any atom is 0.407 e. The Kier molecular flexibility index (Phi) is 12.2. The Bertz CT molecular complexity index is 1120. The second-order valence-electron chi connectivity index (χ2n) is 8.62. The Labute approximate surface area is 219 Å². The minimum atomic E-state index is -3.83. The molecule has 0 aliphatic rings. The molecule has 37 heavy (non-hydrogen) atoms. The molecule has 0 bridgehead atoms. The number of nitrogens with one attached hydrogen (secondary N) is 1. The van der Waals surface area contributed by atoms with E-state index < -0.39 is 28.0 Å². The van der Waals surface area contributed by atoms with Crippen LogP contribution in [0, 0.1) is 12.8 Å². The van der Waals surface area contributed by atoms with Crippen LogP contribution < -0.4 is 5.32 Å². The average Bonchev–Trinajstić information content (AvgIpc) is 2.87. The molecule has 0 saturated heterocycles. The van der Waals surface area contributed by atoms with E-state index in [0.717, 1.165) is 11.1 Å². The quantitative estimate of drug-likeness (QED) is 0.210. The molecule has 0 heterocycles. The molecule has 1 amide bonds. The fourth-order valence-electron chi connectivity index (χ4n) is 3.63. The zero-order valence-electron chi connectivity index (χ0n) is 21.6. The first kappa shape index (κ1) is 30.0. The van der Waals surface area contributed by atoms with E-state index in [1.165, 1.54) is 11.2 Å². The summed E-state index contributed by atoms with van der Waals surface area (Å²) in [7, 11) is -3.83. The summed E-state index contributed by atoms with van der Waals surface area (Å²) in [5.41, 5.74) is 1.79. The number of esters is 1. The van der Waals surface area contributed by atoms with Gasteiger partial charge in [-0.05, 0) is 57.7 Å². The molecule has 2 aromatic rings. The van der Waals surface area contributed by atoms with Crippen LogP contribution in [-0.2, 0) is 35.7 Å². The molecule has 10 heteroatoms. The first-order valence-corrected chi connectivity index (χ1v) is 13.8. The number of ketones is 1. The van der Waals surface area contributed by atoms with Crippen molar-refractivity contribution in [3.8, 4) is 0 Å². The highest BCUT2D eigenvalue weighted by molar-refractivity contribution is 7.89. The van der Waals surface area contributed by atoms with Gasteiger partial charge in [0.2, 0.25) is 10.0 Å². The molecule has 202 valence electrons. The summed E-state index contributed by atoms with van der Waals surface area (Å²) in [6, 6.07) is 15.8. The number of sulfonamides is 1. The number of carbonyl (C=O) groups excluding carboxylic acids is 3. The zero-order chi connectivity index (χ0) is 27.3. The summed E-state index contributed by atoms with van der Waals surface area (Å²) >= 11 is 0. The molecule has 1 unspecified atom stereocenters. The molecule has 0 radical (unpaired) electrons. The molecule has 9 nitrogen and oxygen atoms in total. The molecule has 0 aliphatic heterocycles. The first-order valence-electron chi connectivity index (χ1n) is 12.3. The first-order chi connectivity index (χ1) is 17.6. The monoisotopic (exact) mass is 532 g/mol. The van der Waals surface area contributed by atoms with Gasteiger partial charge in [-0.3, -0.25) is 9.59 Å². The number of hydrogen-bond acceptors (Lipinski definition) is 7. The lowest BCUT2D eigenvalue weighted by Crippen LogP contribution is -2.36. The van der Waals surface area contributed by atoms with Gasteiger partial charge >= 0.3 is 12.1 Å². The van der Waals surface area contributed by atoms with Gasteiger partial charge in [0.25, 0.3) is 0 Å². The van der Waals surface area contributed by atoms with Gasteiger partial charge in [0.15, 0.2) is 0 Å². The highest BCUT2D eigenvalue weighted by atomic mass is 32.2. The van der Waals surface area contributed by atoms with Crippen LogP contribution in [0.5, 0.6) is 0 Å². The van der Waals surface area contributed by atoms with Crippen LogP contribution in [-0.4, -0.2) is 56.8 Å². The van der Waals surface area contributed by atoms with Crippen molar-refractivity contribution >= 4 is 27.9 Å².